The van der Waals surface area contributed by atoms with Crippen LogP contribution >= 0.6 is 0 Å². The van der Waals surface area contributed by atoms with Gasteiger partial charge in [-0.25, -0.2) is 0 Å². The summed E-state index contributed by atoms with van der Waals surface area (Å²) in [4.78, 5) is 24.6. The van der Waals surface area contributed by atoms with E-state index >= 15 is 0 Å². The van der Waals surface area contributed by atoms with Crippen molar-refractivity contribution in [3.05, 3.63) is 0 Å². The van der Waals surface area contributed by atoms with Gasteiger partial charge in [0.1, 0.15) is 0 Å². The summed E-state index contributed by atoms with van der Waals surface area (Å²) in [5, 5.41) is 5.78. The number of piperidine rings is 1. The van der Waals surface area contributed by atoms with Crippen molar-refractivity contribution in [2.24, 2.45) is 0 Å². The largest absolute Gasteiger partial charge is 0.355 e. The number of nitrogens with one attached hydrogen (secondary N) is 2. The summed E-state index contributed by atoms with van der Waals surface area (Å²) in [6.45, 7) is 6.47. The molecule has 0 aromatic carbocycles. The zero-order chi connectivity index (χ0) is 12.7. The summed E-state index contributed by atoms with van der Waals surface area (Å²) in [5.74, 6) is 0.0857. The molecule has 1 unspecified atom stereocenters. The van der Waals surface area contributed by atoms with Gasteiger partial charge in [-0.15, -0.1) is 0 Å². The zero-order valence-electron chi connectivity index (χ0n) is 10.8. The van der Waals surface area contributed by atoms with Gasteiger partial charge < -0.3 is 10.6 Å². The van der Waals surface area contributed by atoms with Crippen LogP contribution in [-0.2, 0) is 9.59 Å². The first kappa shape index (κ1) is 14.0. The van der Waals surface area contributed by atoms with E-state index in [0.717, 1.165) is 38.9 Å². The molecule has 1 rings (SSSR count). The summed E-state index contributed by atoms with van der Waals surface area (Å²) in [6.07, 6.45) is 3.00. The number of carbonyl (C=O) groups is 2. The minimum Gasteiger partial charge on any atom is -0.355 e. The van der Waals surface area contributed by atoms with Crippen LogP contribution in [0.15, 0.2) is 0 Å². The highest BCUT2D eigenvalue weighted by Gasteiger charge is 2.21. The highest BCUT2D eigenvalue weighted by Crippen LogP contribution is 2.09. The number of nitrogens with zero attached hydrogens (tertiary/aromatic N) is 1. The maximum Gasteiger partial charge on any atom is 0.234 e. The molecule has 0 radical (unpaired) electrons. The maximum absolute atomic E-state index is 11.6. The highest BCUT2D eigenvalue weighted by molar-refractivity contribution is 5.78. The van der Waals surface area contributed by atoms with Crippen LogP contribution < -0.4 is 10.6 Å². The van der Waals surface area contributed by atoms with Gasteiger partial charge in [-0.05, 0) is 25.8 Å². The molecule has 1 heterocycles. The van der Waals surface area contributed by atoms with Crippen LogP contribution in [0.25, 0.3) is 0 Å². The summed E-state index contributed by atoms with van der Waals surface area (Å²) in [5.41, 5.74) is 0. The Hall–Kier alpha value is -1.10. The van der Waals surface area contributed by atoms with Crippen molar-refractivity contribution in [2.75, 3.05) is 26.2 Å². The van der Waals surface area contributed by atoms with Gasteiger partial charge in [0.2, 0.25) is 11.8 Å². The number of carbonyl (C=O) groups excluding carboxylic acids is 2. The number of hydrogen-bond donors (Lipinski definition) is 2. The van der Waals surface area contributed by atoms with Crippen molar-refractivity contribution in [3.63, 3.8) is 0 Å². The molecule has 0 aromatic rings. The normalized spacial score (nSPS) is 20.9. The lowest BCUT2D eigenvalue weighted by atomic mass is 10.1. The molecule has 0 aromatic heterocycles. The van der Waals surface area contributed by atoms with Crippen molar-refractivity contribution < 1.29 is 9.59 Å². The lowest BCUT2D eigenvalue weighted by Crippen LogP contribution is -2.49. The first-order valence-corrected chi connectivity index (χ1v) is 6.38. The van der Waals surface area contributed by atoms with Gasteiger partial charge in [0, 0.05) is 26.1 Å². The Labute approximate surface area is 103 Å². The van der Waals surface area contributed by atoms with Crippen LogP contribution in [0.4, 0.5) is 0 Å². The standard InChI is InChI=1S/C12H23N3O2/c1-3-6-13-12(17)9-15-7-4-5-11(8-15)14-10(2)16/h11H,3-9H2,1-2H3,(H,13,17)(H,14,16). The van der Waals surface area contributed by atoms with Crippen LogP contribution in [0.5, 0.6) is 0 Å². The zero-order valence-corrected chi connectivity index (χ0v) is 10.8. The Bertz CT molecular complexity index is 268. The summed E-state index contributed by atoms with van der Waals surface area (Å²) in [7, 11) is 0. The fourth-order valence-corrected chi connectivity index (χ4v) is 2.13. The smallest absolute Gasteiger partial charge is 0.234 e. The Morgan fingerprint density at radius 2 is 2.18 bits per heavy atom. The number of amides is 2. The lowest BCUT2D eigenvalue weighted by Gasteiger charge is -2.32. The Morgan fingerprint density at radius 1 is 1.41 bits per heavy atom. The van der Waals surface area contributed by atoms with Gasteiger partial charge in [0.15, 0.2) is 0 Å². The highest BCUT2D eigenvalue weighted by atomic mass is 16.2. The maximum atomic E-state index is 11.6. The van der Waals surface area contributed by atoms with E-state index < -0.39 is 0 Å². The molecule has 1 atom stereocenters. The quantitative estimate of drug-likeness (QED) is 0.718. The molecule has 0 aliphatic carbocycles. The van der Waals surface area contributed by atoms with Crippen LogP contribution in [0.3, 0.4) is 0 Å². The van der Waals surface area contributed by atoms with Crippen molar-refractivity contribution in [3.8, 4) is 0 Å². The van der Waals surface area contributed by atoms with E-state index in [1.807, 2.05) is 6.92 Å². The average molecular weight is 241 g/mol. The Kier molecular flexibility index (Phi) is 5.97. The third kappa shape index (κ3) is 5.68. The van der Waals surface area contributed by atoms with Crippen molar-refractivity contribution >= 4 is 11.8 Å². The monoisotopic (exact) mass is 241 g/mol. The fourth-order valence-electron chi connectivity index (χ4n) is 2.13. The SMILES string of the molecule is CCCNC(=O)CN1CCCC(NC(C)=O)C1. The molecule has 5 nitrogen and oxygen atoms in total. The van der Waals surface area contributed by atoms with E-state index in [1.165, 1.54) is 6.92 Å². The summed E-state index contributed by atoms with van der Waals surface area (Å²) < 4.78 is 0. The molecule has 1 aliphatic heterocycles. The Morgan fingerprint density at radius 3 is 2.82 bits per heavy atom. The third-order valence-electron chi connectivity index (χ3n) is 2.85. The second-order valence-corrected chi connectivity index (χ2v) is 4.62. The van der Waals surface area contributed by atoms with Gasteiger partial charge in [-0.2, -0.15) is 0 Å². The second kappa shape index (κ2) is 7.27. The first-order valence-electron chi connectivity index (χ1n) is 6.38. The van der Waals surface area contributed by atoms with Gasteiger partial charge in [-0.1, -0.05) is 6.92 Å². The number of rotatable bonds is 5. The van der Waals surface area contributed by atoms with Gasteiger partial charge >= 0.3 is 0 Å². The molecular weight excluding hydrogens is 218 g/mol. The second-order valence-electron chi connectivity index (χ2n) is 4.62. The van der Waals surface area contributed by atoms with Crippen molar-refractivity contribution in [2.45, 2.75) is 39.2 Å². The number of hydrogen-bond acceptors (Lipinski definition) is 3. The van der Waals surface area contributed by atoms with Crippen LogP contribution in [0.1, 0.15) is 33.1 Å². The van der Waals surface area contributed by atoms with E-state index in [2.05, 4.69) is 15.5 Å². The van der Waals surface area contributed by atoms with E-state index in [0.29, 0.717) is 6.54 Å². The molecule has 1 saturated heterocycles. The topological polar surface area (TPSA) is 61.4 Å². The third-order valence-corrected chi connectivity index (χ3v) is 2.85. The molecule has 0 spiro atoms. The van der Waals surface area contributed by atoms with E-state index in [1.54, 1.807) is 0 Å². The van der Waals surface area contributed by atoms with E-state index in [4.69, 9.17) is 0 Å². The molecule has 0 bridgehead atoms. The molecule has 2 amide bonds. The fraction of sp³-hybridized carbons (Fsp3) is 0.833. The number of likely N-dealkylation sites (tertiary alicyclic amines) is 1. The van der Waals surface area contributed by atoms with Crippen LogP contribution in [0, 0.1) is 0 Å². The molecule has 98 valence electrons. The summed E-state index contributed by atoms with van der Waals surface area (Å²) in [6, 6.07) is 0.195. The predicted octanol–water partition coefficient (Wildman–Crippen LogP) is 0.113. The van der Waals surface area contributed by atoms with E-state index in [-0.39, 0.29) is 17.9 Å². The summed E-state index contributed by atoms with van der Waals surface area (Å²) >= 11 is 0. The van der Waals surface area contributed by atoms with E-state index in [9.17, 15) is 9.59 Å². The van der Waals surface area contributed by atoms with Gasteiger partial charge in [0.05, 0.1) is 6.54 Å². The molecule has 1 aliphatic rings. The molecule has 5 heteroatoms. The molecule has 2 N–H and O–H groups in total. The van der Waals surface area contributed by atoms with Crippen LogP contribution in [0.2, 0.25) is 0 Å². The molecule has 0 saturated carbocycles. The molecule has 1 fully saturated rings. The Balaban J connectivity index is 2.28. The van der Waals surface area contributed by atoms with Crippen molar-refractivity contribution in [1.29, 1.82) is 0 Å². The van der Waals surface area contributed by atoms with Crippen molar-refractivity contribution in [1.82, 2.24) is 15.5 Å². The lowest BCUT2D eigenvalue weighted by molar-refractivity contribution is -0.122. The van der Waals surface area contributed by atoms with Crippen LogP contribution in [-0.4, -0.2) is 48.9 Å². The van der Waals surface area contributed by atoms with Gasteiger partial charge in [-0.3, -0.25) is 14.5 Å². The minimum atomic E-state index is 0.00674. The average Bonchev–Trinajstić information content (AvgIpc) is 2.26. The molecular formula is C12H23N3O2. The first-order chi connectivity index (χ1) is 8.11. The molecule has 17 heavy (non-hydrogen) atoms. The predicted molar refractivity (Wildman–Crippen MR) is 66.6 cm³/mol. The van der Waals surface area contributed by atoms with Gasteiger partial charge in [0.25, 0.3) is 0 Å². The minimum absolute atomic E-state index is 0.00674.